The van der Waals surface area contributed by atoms with Crippen LogP contribution in [0.1, 0.15) is 0 Å². The van der Waals surface area contributed by atoms with Crippen LogP contribution in [0, 0.1) is 5.41 Å². The molecule has 0 aromatic rings. The fourth-order valence-electron chi connectivity index (χ4n) is 1.71. The molecule has 0 aromatic heterocycles. The Labute approximate surface area is 101 Å². The third-order valence-corrected chi connectivity index (χ3v) is 2.55. The highest BCUT2D eigenvalue weighted by Crippen LogP contribution is 2.24. The first kappa shape index (κ1) is 11.8. The maximum Gasteiger partial charge on any atom is 0.233 e. The molecule has 8 heteroatoms. The first-order chi connectivity index (χ1) is 8.51. The quantitative estimate of drug-likeness (QED) is 0.638. The Bertz CT molecular complexity index is 628. The summed E-state index contributed by atoms with van der Waals surface area (Å²) in [6.07, 6.45) is 2.01. The van der Waals surface area contributed by atoms with Crippen LogP contribution in [0.3, 0.4) is 0 Å². The summed E-state index contributed by atoms with van der Waals surface area (Å²) >= 11 is 0. The van der Waals surface area contributed by atoms with E-state index in [2.05, 4.69) is 0 Å². The molecule has 1 heterocycles. The number of rotatable bonds is 2. The van der Waals surface area contributed by atoms with E-state index in [1.165, 1.54) is 14.2 Å². The highest BCUT2D eigenvalue weighted by atomic mass is 16.6. The molecule has 0 spiro atoms. The lowest BCUT2D eigenvalue weighted by Gasteiger charge is -2.14. The molecular formula is C10H11N3O5. The van der Waals surface area contributed by atoms with Crippen molar-refractivity contribution in [1.82, 2.24) is 9.69 Å². The average Bonchev–Trinajstić information content (AvgIpc) is 2.35. The predicted octanol–water partition coefficient (Wildman–Crippen LogP) is -0.274. The SMILES string of the molecule is COc1c(OC)c(=O)c2cn(O)n(O)cc-2c1=N. The summed E-state index contributed by atoms with van der Waals surface area (Å²) < 4.78 is 9.86. The summed E-state index contributed by atoms with van der Waals surface area (Å²) in [7, 11) is 2.59. The molecular weight excluding hydrogens is 242 g/mol. The van der Waals surface area contributed by atoms with Gasteiger partial charge in [0.2, 0.25) is 11.2 Å². The van der Waals surface area contributed by atoms with Gasteiger partial charge in [0, 0.05) is 5.56 Å². The van der Waals surface area contributed by atoms with Gasteiger partial charge in [-0.15, -0.1) is 0 Å². The molecule has 0 saturated heterocycles. The molecule has 1 aliphatic carbocycles. The van der Waals surface area contributed by atoms with Gasteiger partial charge in [0.05, 0.1) is 32.2 Å². The Morgan fingerprint density at radius 1 is 1.06 bits per heavy atom. The number of nitrogens with zero attached hydrogens (tertiary/aromatic N) is 2. The van der Waals surface area contributed by atoms with Crippen LogP contribution in [0.2, 0.25) is 0 Å². The number of hydrogen-bond acceptors (Lipinski definition) is 6. The van der Waals surface area contributed by atoms with Gasteiger partial charge in [0.25, 0.3) is 0 Å². The second kappa shape index (κ2) is 3.99. The van der Waals surface area contributed by atoms with Gasteiger partial charge in [-0.05, 0) is 0 Å². The highest BCUT2D eigenvalue weighted by molar-refractivity contribution is 5.68. The molecule has 0 amide bonds. The Balaban J connectivity index is 3.03. The highest BCUT2D eigenvalue weighted by Gasteiger charge is 2.22. The maximum atomic E-state index is 12.1. The van der Waals surface area contributed by atoms with Gasteiger partial charge in [-0.3, -0.25) is 10.2 Å². The Morgan fingerprint density at radius 2 is 1.56 bits per heavy atom. The first-order valence-electron chi connectivity index (χ1n) is 4.87. The van der Waals surface area contributed by atoms with E-state index in [0.717, 1.165) is 12.4 Å². The summed E-state index contributed by atoms with van der Waals surface area (Å²) in [6, 6.07) is 0. The van der Waals surface area contributed by atoms with Crippen LogP contribution in [-0.4, -0.2) is 34.3 Å². The summed E-state index contributed by atoms with van der Waals surface area (Å²) in [6.45, 7) is 0. The van der Waals surface area contributed by atoms with Crippen LogP contribution in [-0.2, 0) is 0 Å². The third-order valence-electron chi connectivity index (χ3n) is 2.55. The minimum absolute atomic E-state index is 0.0225. The van der Waals surface area contributed by atoms with Gasteiger partial charge in [0.15, 0.2) is 5.75 Å². The largest absolute Gasteiger partial charge is 0.491 e. The number of benzene rings is 1. The molecule has 0 radical (unpaired) electrons. The van der Waals surface area contributed by atoms with E-state index in [9.17, 15) is 15.2 Å². The van der Waals surface area contributed by atoms with Crippen molar-refractivity contribution >= 4 is 0 Å². The van der Waals surface area contributed by atoms with Crippen LogP contribution in [0.5, 0.6) is 11.5 Å². The van der Waals surface area contributed by atoms with E-state index in [0.29, 0.717) is 9.69 Å². The zero-order valence-electron chi connectivity index (χ0n) is 9.67. The third kappa shape index (κ3) is 1.46. The molecule has 0 atom stereocenters. The van der Waals surface area contributed by atoms with Crippen LogP contribution < -0.4 is 20.3 Å². The number of hydrogen-bond donors (Lipinski definition) is 3. The summed E-state index contributed by atoms with van der Waals surface area (Å²) in [5, 5.41) is 26.3. The van der Waals surface area contributed by atoms with E-state index in [-0.39, 0.29) is 28.0 Å². The number of ether oxygens (including phenoxy) is 2. The molecule has 3 N–H and O–H groups in total. The zero-order valence-corrected chi connectivity index (χ0v) is 9.67. The molecule has 0 aromatic carbocycles. The zero-order chi connectivity index (χ0) is 13.4. The molecule has 96 valence electrons. The molecule has 0 unspecified atom stereocenters. The Kier molecular flexibility index (Phi) is 2.62. The van der Waals surface area contributed by atoms with Crippen molar-refractivity contribution in [3.8, 4) is 22.6 Å². The van der Waals surface area contributed by atoms with E-state index >= 15 is 0 Å². The molecule has 0 bridgehead atoms. The summed E-state index contributed by atoms with van der Waals surface area (Å²) in [5.41, 5.74) is -0.375. The molecule has 8 nitrogen and oxygen atoms in total. The van der Waals surface area contributed by atoms with E-state index < -0.39 is 5.43 Å². The molecule has 0 fully saturated rings. The number of fused-ring (bicyclic) bond motifs is 1. The maximum absolute atomic E-state index is 12.1. The Hall–Kier alpha value is -2.64. The second-order valence-electron chi connectivity index (χ2n) is 3.50. The molecule has 2 aliphatic rings. The molecule has 1 aliphatic heterocycles. The number of aromatic nitrogens is 2. The van der Waals surface area contributed by atoms with Crippen molar-refractivity contribution in [3.05, 3.63) is 28.0 Å². The number of nitrogens with one attached hydrogen (secondary N) is 1. The molecule has 0 saturated carbocycles. The van der Waals surface area contributed by atoms with Gasteiger partial charge in [-0.25, -0.2) is 0 Å². The van der Waals surface area contributed by atoms with Gasteiger partial charge in [0.1, 0.15) is 5.36 Å². The fourth-order valence-corrected chi connectivity index (χ4v) is 1.71. The van der Waals surface area contributed by atoms with E-state index in [4.69, 9.17) is 14.9 Å². The lowest BCUT2D eigenvalue weighted by molar-refractivity contribution is -0.0167. The molecule has 18 heavy (non-hydrogen) atoms. The van der Waals surface area contributed by atoms with Gasteiger partial charge >= 0.3 is 0 Å². The monoisotopic (exact) mass is 253 g/mol. The second-order valence-corrected chi connectivity index (χ2v) is 3.50. The Morgan fingerprint density at radius 3 is 2.06 bits per heavy atom. The van der Waals surface area contributed by atoms with Crippen molar-refractivity contribution in [2.45, 2.75) is 0 Å². The minimum atomic E-state index is -0.538. The lowest BCUT2D eigenvalue weighted by atomic mass is 10.1. The van der Waals surface area contributed by atoms with Crippen molar-refractivity contribution in [2.24, 2.45) is 0 Å². The van der Waals surface area contributed by atoms with Crippen molar-refractivity contribution < 1.29 is 19.9 Å². The minimum Gasteiger partial charge on any atom is -0.491 e. The van der Waals surface area contributed by atoms with E-state index in [1.807, 2.05) is 0 Å². The summed E-state index contributed by atoms with van der Waals surface area (Å²) in [4.78, 5) is 12.7. The van der Waals surface area contributed by atoms with Gasteiger partial charge < -0.3 is 19.9 Å². The smallest absolute Gasteiger partial charge is 0.233 e. The van der Waals surface area contributed by atoms with Crippen LogP contribution in [0.4, 0.5) is 0 Å². The first-order valence-corrected chi connectivity index (χ1v) is 4.87. The van der Waals surface area contributed by atoms with Crippen LogP contribution >= 0.6 is 0 Å². The topological polar surface area (TPSA) is 110 Å². The lowest BCUT2D eigenvalue weighted by Crippen LogP contribution is -2.24. The predicted molar refractivity (Wildman–Crippen MR) is 58.6 cm³/mol. The number of methoxy groups -OCH3 is 2. The van der Waals surface area contributed by atoms with E-state index in [1.54, 1.807) is 0 Å². The van der Waals surface area contributed by atoms with Crippen molar-refractivity contribution in [3.63, 3.8) is 0 Å². The van der Waals surface area contributed by atoms with Gasteiger partial charge in [-0.2, -0.15) is 0 Å². The summed E-state index contributed by atoms with van der Waals surface area (Å²) in [5.74, 6) is -0.142. The van der Waals surface area contributed by atoms with Gasteiger partial charge in [-0.1, -0.05) is 9.69 Å². The average molecular weight is 253 g/mol. The van der Waals surface area contributed by atoms with Crippen LogP contribution in [0.25, 0.3) is 11.1 Å². The van der Waals surface area contributed by atoms with Crippen LogP contribution in [0.15, 0.2) is 17.2 Å². The standard InChI is InChI=1S/C10H11N3O5/c1-17-9-7(11)5-3-12(15)13(16)4-6(5)8(14)10(9)18-2/h3-4,11,15-16H,1-2H3. The van der Waals surface area contributed by atoms with Crippen molar-refractivity contribution in [1.29, 1.82) is 5.41 Å². The molecule has 2 rings (SSSR count). The fraction of sp³-hybridized carbons (Fsp3) is 0.200. The van der Waals surface area contributed by atoms with Crippen molar-refractivity contribution in [2.75, 3.05) is 14.2 Å². The normalized spacial score (nSPS) is 10.6.